The number of benzene rings is 1. The monoisotopic (exact) mass is 271 g/mol. The van der Waals surface area contributed by atoms with Crippen molar-refractivity contribution in [3.8, 4) is 5.75 Å². The molecular formula is C16H21N3O. The van der Waals surface area contributed by atoms with Crippen LogP contribution in [-0.4, -0.2) is 22.2 Å². The van der Waals surface area contributed by atoms with Gasteiger partial charge in [-0.1, -0.05) is 12.1 Å². The fraction of sp³-hybridized carbons (Fsp3) is 0.438. The highest BCUT2D eigenvalue weighted by atomic mass is 16.5. The van der Waals surface area contributed by atoms with Crippen LogP contribution in [0.25, 0.3) is 0 Å². The molecule has 106 valence electrons. The minimum atomic E-state index is 0.333. The maximum Gasteiger partial charge on any atom is 0.122 e. The van der Waals surface area contributed by atoms with Gasteiger partial charge in [-0.25, -0.2) is 4.98 Å². The highest BCUT2D eigenvalue weighted by Gasteiger charge is 2.15. The number of hydrogen-bond donors (Lipinski definition) is 1. The van der Waals surface area contributed by atoms with Gasteiger partial charge in [-0.3, -0.25) is 0 Å². The van der Waals surface area contributed by atoms with Crippen molar-refractivity contribution < 1.29 is 4.74 Å². The molecule has 2 unspecified atom stereocenters. The Balaban J connectivity index is 1.62. The average molecular weight is 271 g/mol. The Kier molecular flexibility index (Phi) is 3.74. The van der Waals surface area contributed by atoms with Crippen molar-refractivity contribution in [2.45, 2.75) is 38.9 Å². The van der Waals surface area contributed by atoms with Crippen LogP contribution >= 0.6 is 0 Å². The second-order valence-electron chi connectivity index (χ2n) is 5.51. The number of ether oxygens (including phenoxy) is 1. The van der Waals surface area contributed by atoms with Gasteiger partial charge in [0, 0.05) is 37.4 Å². The molecule has 2 atom stereocenters. The van der Waals surface area contributed by atoms with Crippen LogP contribution in [0.5, 0.6) is 5.75 Å². The second kappa shape index (κ2) is 5.67. The lowest BCUT2D eigenvalue weighted by molar-refractivity contribution is 0.356. The smallest absolute Gasteiger partial charge is 0.122 e. The van der Waals surface area contributed by atoms with Crippen molar-refractivity contribution in [3.63, 3.8) is 0 Å². The molecular weight excluding hydrogens is 250 g/mol. The van der Waals surface area contributed by atoms with E-state index in [4.69, 9.17) is 4.74 Å². The number of nitrogens with one attached hydrogen (secondary N) is 1. The molecule has 0 radical (unpaired) electrons. The summed E-state index contributed by atoms with van der Waals surface area (Å²) in [6, 6.07) is 7.25. The summed E-state index contributed by atoms with van der Waals surface area (Å²) in [4.78, 5) is 4.07. The third kappa shape index (κ3) is 2.85. The minimum absolute atomic E-state index is 0.333. The first-order valence-electron chi connectivity index (χ1n) is 7.20. The number of aromatic nitrogens is 2. The van der Waals surface area contributed by atoms with E-state index in [1.165, 1.54) is 11.1 Å². The second-order valence-corrected chi connectivity index (χ2v) is 5.51. The fourth-order valence-corrected chi connectivity index (χ4v) is 2.76. The molecule has 0 saturated carbocycles. The first-order chi connectivity index (χ1) is 9.72. The Morgan fingerprint density at radius 2 is 2.30 bits per heavy atom. The topological polar surface area (TPSA) is 39.1 Å². The summed E-state index contributed by atoms with van der Waals surface area (Å²) in [5, 5.41) is 3.64. The van der Waals surface area contributed by atoms with Gasteiger partial charge in [0.05, 0.1) is 12.9 Å². The summed E-state index contributed by atoms with van der Waals surface area (Å²) >= 11 is 0. The molecule has 0 amide bonds. The van der Waals surface area contributed by atoms with Crippen LogP contribution in [0.2, 0.25) is 0 Å². The largest absolute Gasteiger partial charge is 0.493 e. The van der Waals surface area contributed by atoms with Gasteiger partial charge >= 0.3 is 0 Å². The van der Waals surface area contributed by atoms with Gasteiger partial charge in [-0.05, 0) is 31.0 Å². The first-order valence-corrected chi connectivity index (χ1v) is 7.20. The molecule has 1 N–H and O–H groups in total. The number of rotatable bonds is 5. The summed E-state index contributed by atoms with van der Waals surface area (Å²) < 4.78 is 7.65. The van der Waals surface area contributed by atoms with Crippen molar-refractivity contribution in [3.05, 3.63) is 48.0 Å². The van der Waals surface area contributed by atoms with E-state index in [9.17, 15) is 0 Å². The Morgan fingerprint density at radius 3 is 3.10 bits per heavy atom. The molecule has 4 heteroatoms. The summed E-state index contributed by atoms with van der Waals surface area (Å²) in [5.41, 5.74) is 2.66. The van der Waals surface area contributed by atoms with Crippen LogP contribution < -0.4 is 10.1 Å². The SMILES string of the molecule is CC(Cn1ccnc1)NC(C)c1ccc2c(c1)CCO2. The zero-order chi connectivity index (χ0) is 13.9. The molecule has 3 rings (SSSR count). The van der Waals surface area contributed by atoms with Crippen LogP contribution in [0, 0.1) is 0 Å². The lowest BCUT2D eigenvalue weighted by Crippen LogP contribution is -2.32. The third-order valence-corrected chi connectivity index (χ3v) is 3.79. The molecule has 2 aromatic rings. The van der Waals surface area contributed by atoms with Crippen molar-refractivity contribution in [2.75, 3.05) is 6.61 Å². The van der Waals surface area contributed by atoms with Gasteiger partial charge in [-0.15, -0.1) is 0 Å². The standard InChI is InChI=1S/C16H21N3O/c1-12(10-19-7-6-17-11-19)18-13(2)14-3-4-16-15(9-14)5-8-20-16/h3-4,6-7,9,11-13,18H,5,8,10H2,1-2H3. The normalized spacial score (nSPS) is 16.5. The van der Waals surface area contributed by atoms with Gasteiger partial charge < -0.3 is 14.6 Å². The molecule has 1 aliphatic heterocycles. The predicted molar refractivity (Wildman–Crippen MR) is 78.9 cm³/mol. The predicted octanol–water partition coefficient (Wildman–Crippen LogP) is 2.56. The van der Waals surface area contributed by atoms with Crippen molar-refractivity contribution in [2.24, 2.45) is 0 Å². The zero-order valence-corrected chi connectivity index (χ0v) is 12.0. The maximum absolute atomic E-state index is 5.55. The highest BCUT2D eigenvalue weighted by molar-refractivity contribution is 5.40. The van der Waals surface area contributed by atoms with E-state index in [0.717, 1.165) is 25.3 Å². The molecule has 1 aromatic heterocycles. The molecule has 0 aliphatic carbocycles. The number of fused-ring (bicyclic) bond motifs is 1. The molecule has 1 aliphatic rings. The molecule has 0 spiro atoms. The molecule has 4 nitrogen and oxygen atoms in total. The van der Waals surface area contributed by atoms with Crippen LogP contribution in [0.1, 0.15) is 31.0 Å². The van der Waals surface area contributed by atoms with E-state index in [1.54, 1.807) is 0 Å². The number of hydrogen-bond acceptors (Lipinski definition) is 3. The zero-order valence-electron chi connectivity index (χ0n) is 12.0. The molecule has 20 heavy (non-hydrogen) atoms. The highest BCUT2D eigenvalue weighted by Crippen LogP contribution is 2.28. The Labute approximate surface area is 119 Å². The van der Waals surface area contributed by atoms with Crippen molar-refractivity contribution >= 4 is 0 Å². The molecule has 0 saturated heterocycles. The van der Waals surface area contributed by atoms with E-state index in [0.29, 0.717) is 12.1 Å². The van der Waals surface area contributed by atoms with Crippen LogP contribution in [-0.2, 0) is 13.0 Å². The summed E-state index contributed by atoms with van der Waals surface area (Å²) in [6.07, 6.45) is 6.70. The van der Waals surface area contributed by atoms with Crippen molar-refractivity contribution in [1.82, 2.24) is 14.9 Å². The van der Waals surface area contributed by atoms with E-state index in [-0.39, 0.29) is 0 Å². The van der Waals surface area contributed by atoms with Crippen LogP contribution in [0.4, 0.5) is 0 Å². The lowest BCUT2D eigenvalue weighted by Gasteiger charge is -2.21. The molecule has 2 heterocycles. The van der Waals surface area contributed by atoms with E-state index in [2.05, 4.69) is 46.9 Å². The van der Waals surface area contributed by atoms with Gasteiger partial charge in [0.2, 0.25) is 0 Å². The maximum atomic E-state index is 5.55. The molecule has 0 fully saturated rings. The van der Waals surface area contributed by atoms with E-state index >= 15 is 0 Å². The summed E-state index contributed by atoms with van der Waals surface area (Å²) in [6.45, 7) is 6.16. The molecule has 1 aromatic carbocycles. The molecule has 0 bridgehead atoms. The van der Waals surface area contributed by atoms with E-state index < -0.39 is 0 Å². The average Bonchev–Trinajstić information content (AvgIpc) is 3.07. The quantitative estimate of drug-likeness (QED) is 0.908. The van der Waals surface area contributed by atoms with E-state index in [1.807, 2.05) is 18.7 Å². The van der Waals surface area contributed by atoms with Crippen molar-refractivity contribution in [1.29, 1.82) is 0 Å². The van der Waals surface area contributed by atoms with Gasteiger partial charge in [0.15, 0.2) is 0 Å². The van der Waals surface area contributed by atoms with Gasteiger partial charge in [-0.2, -0.15) is 0 Å². The van der Waals surface area contributed by atoms with Gasteiger partial charge in [0.1, 0.15) is 5.75 Å². The van der Waals surface area contributed by atoms with Gasteiger partial charge in [0.25, 0.3) is 0 Å². The summed E-state index contributed by atoms with van der Waals surface area (Å²) in [7, 11) is 0. The fourth-order valence-electron chi connectivity index (χ4n) is 2.76. The Hall–Kier alpha value is -1.81. The Morgan fingerprint density at radius 1 is 1.40 bits per heavy atom. The summed E-state index contributed by atoms with van der Waals surface area (Å²) in [5.74, 6) is 1.05. The minimum Gasteiger partial charge on any atom is -0.493 e. The lowest BCUT2D eigenvalue weighted by atomic mass is 10.0. The number of nitrogens with zero attached hydrogens (tertiary/aromatic N) is 2. The number of imidazole rings is 1. The van der Waals surface area contributed by atoms with Crippen LogP contribution in [0.3, 0.4) is 0 Å². The Bertz CT molecular complexity index is 565. The third-order valence-electron chi connectivity index (χ3n) is 3.79. The van der Waals surface area contributed by atoms with Crippen LogP contribution in [0.15, 0.2) is 36.9 Å². The first kappa shape index (κ1) is 13.2.